The maximum Gasteiger partial charge on any atom is 0.238 e. The lowest BCUT2D eigenvalue weighted by molar-refractivity contribution is -0.118. The van der Waals surface area contributed by atoms with E-state index in [2.05, 4.69) is 20.2 Å². The van der Waals surface area contributed by atoms with Crippen LogP contribution in [0.3, 0.4) is 0 Å². The molecule has 3 aromatic rings. The van der Waals surface area contributed by atoms with Crippen molar-refractivity contribution < 1.29 is 13.6 Å². The number of hydrogen-bond donors (Lipinski definition) is 2. The zero-order chi connectivity index (χ0) is 21.8. The van der Waals surface area contributed by atoms with Gasteiger partial charge in [-0.15, -0.1) is 0 Å². The topological polar surface area (TPSA) is 84.1 Å². The number of nitrogens with one attached hydrogen (secondary N) is 1. The average molecular weight is 423 g/mol. The van der Waals surface area contributed by atoms with Gasteiger partial charge < -0.3 is 11.1 Å². The van der Waals surface area contributed by atoms with E-state index >= 15 is 0 Å². The minimum atomic E-state index is -0.358. The normalized spacial score (nSPS) is 16.8. The molecule has 1 fully saturated rings. The molecule has 1 saturated heterocycles. The highest BCUT2D eigenvalue weighted by atomic mass is 19.1. The number of benzene rings is 2. The first-order valence-corrected chi connectivity index (χ1v) is 10.2. The van der Waals surface area contributed by atoms with E-state index in [9.17, 15) is 13.6 Å². The van der Waals surface area contributed by atoms with Gasteiger partial charge in [-0.2, -0.15) is 0 Å². The third kappa shape index (κ3) is 5.03. The molecular formula is C23H23F2N5O. The minimum Gasteiger partial charge on any atom is -0.368 e. The first kappa shape index (κ1) is 20.9. The molecule has 1 aliphatic heterocycles. The second kappa shape index (κ2) is 9.18. The third-order valence-corrected chi connectivity index (χ3v) is 5.40. The van der Waals surface area contributed by atoms with Crippen LogP contribution in [0.5, 0.6) is 0 Å². The van der Waals surface area contributed by atoms with Crippen molar-refractivity contribution in [3.8, 4) is 11.1 Å². The molecule has 160 valence electrons. The Bertz CT molecular complexity index is 1060. The number of halogens is 2. The highest BCUT2D eigenvalue weighted by Crippen LogP contribution is 2.35. The van der Waals surface area contributed by atoms with Crippen molar-refractivity contribution in [3.05, 3.63) is 72.1 Å². The third-order valence-electron chi connectivity index (χ3n) is 5.40. The lowest BCUT2D eigenvalue weighted by Gasteiger charge is -2.35. The summed E-state index contributed by atoms with van der Waals surface area (Å²) in [5.74, 6) is -0.715. The van der Waals surface area contributed by atoms with E-state index in [0.29, 0.717) is 5.69 Å². The molecule has 0 aliphatic carbocycles. The van der Waals surface area contributed by atoms with Crippen molar-refractivity contribution in [3.63, 3.8) is 0 Å². The number of likely N-dealkylation sites (tertiary alicyclic amines) is 1. The summed E-state index contributed by atoms with van der Waals surface area (Å²) in [6.07, 6.45) is 4.42. The molecule has 0 spiro atoms. The summed E-state index contributed by atoms with van der Waals surface area (Å²) in [4.78, 5) is 23.4. The molecule has 0 radical (unpaired) electrons. The Labute approximate surface area is 179 Å². The molecule has 8 heteroatoms. The molecule has 0 bridgehead atoms. The first-order chi connectivity index (χ1) is 15.0. The van der Waals surface area contributed by atoms with Gasteiger partial charge in [-0.25, -0.2) is 18.7 Å². The number of rotatable bonds is 5. The largest absolute Gasteiger partial charge is 0.368 e. The van der Waals surface area contributed by atoms with E-state index < -0.39 is 0 Å². The average Bonchev–Trinajstić information content (AvgIpc) is 2.76. The Balaban J connectivity index is 1.58. The second-order valence-corrected chi connectivity index (χ2v) is 7.57. The molecule has 0 unspecified atom stereocenters. The van der Waals surface area contributed by atoms with Crippen LogP contribution in [-0.4, -0.2) is 33.9 Å². The van der Waals surface area contributed by atoms with Gasteiger partial charge in [0.25, 0.3) is 0 Å². The van der Waals surface area contributed by atoms with Gasteiger partial charge >= 0.3 is 0 Å². The number of amides is 1. The number of nitrogen functional groups attached to an aromatic ring is 1. The molecule has 2 aromatic carbocycles. The summed E-state index contributed by atoms with van der Waals surface area (Å²) < 4.78 is 26.5. The van der Waals surface area contributed by atoms with E-state index in [4.69, 9.17) is 5.73 Å². The summed E-state index contributed by atoms with van der Waals surface area (Å²) in [6.45, 7) is 0.892. The van der Waals surface area contributed by atoms with Crippen LogP contribution >= 0.6 is 0 Å². The Hall–Kier alpha value is -3.39. The van der Waals surface area contributed by atoms with Crippen LogP contribution in [0.1, 0.15) is 31.0 Å². The molecule has 31 heavy (non-hydrogen) atoms. The van der Waals surface area contributed by atoms with Crippen molar-refractivity contribution in [1.29, 1.82) is 0 Å². The molecule has 6 nitrogen and oxygen atoms in total. The Morgan fingerprint density at radius 2 is 1.74 bits per heavy atom. The van der Waals surface area contributed by atoms with Crippen molar-refractivity contribution in [2.45, 2.75) is 25.3 Å². The van der Waals surface area contributed by atoms with Gasteiger partial charge in [0.05, 0.1) is 18.3 Å². The summed E-state index contributed by atoms with van der Waals surface area (Å²) in [6, 6.07) is 11.7. The number of nitrogens with zero attached hydrogens (tertiary/aromatic N) is 3. The Morgan fingerprint density at radius 3 is 2.45 bits per heavy atom. The van der Waals surface area contributed by atoms with Gasteiger partial charge in [0.15, 0.2) is 0 Å². The van der Waals surface area contributed by atoms with Crippen molar-refractivity contribution in [2.24, 2.45) is 0 Å². The molecule has 0 saturated carbocycles. The number of nitrogens with two attached hydrogens (primary N) is 1. The number of aromatic nitrogens is 2. The van der Waals surface area contributed by atoms with Crippen LogP contribution in [0.2, 0.25) is 0 Å². The van der Waals surface area contributed by atoms with Gasteiger partial charge in [0.2, 0.25) is 11.9 Å². The van der Waals surface area contributed by atoms with E-state index in [0.717, 1.165) is 42.6 Å². The molecule has 1 aromatic heterocycles. The lowest BCUT2D eigenvalue weighted by atomic mass is 9.94. The summed E-state index contributed by atoms with van der Waals surface area (Å²) >= 11 is 0. The smallest absolute Gasteiger partial charge is 0.238 e. The monoisotopic (exact) mass is 423 g/mol. The fourth-order valence-corrected chi connectivity index (χ4v) is 3.92. The van der Waals surface area contributed by atoms with E-state index in [1.165, 1.54) is 36.4 Å². The van der Waals surface area contributed by atoms with Crippen molar-refractivity contribution in [2.75, 3.05) is 24.1 Å². The van der Waals surface area contributed by atoms with Crippen LogP contribution in [0.25, 0.3) is 11.1 Å². The van der Waals surface area contributed by atoms with Gasteiger partial charge in [-0.05, 0) is 61.3 Å². The number of piperidine rings is 1. The molecule has 4 rings (SSSR count). The summed E-state index contributed by atoms with van der Waals surface area (Å²) in [5, 5.41) is 2.81. The summed E-state index contributed by atoms with van der Waals surface area (Å²) in [7, 11) is 0. The lowest BCUT2D eigenvalue weighted by Crippen LogP contribution is -2.40. The van der Waals surface area contributed by atoms with E-state index in [-0.39, 0.29) is 36.1 Å². The van der Waals surface area contributed by atoms with Gasteiger partial charge in [0.1, 0.15) is 11.6 Å². The van der Waals surface area contributed by atoms with Crippen molar-refractivity contribution in [1.82, 2.24) is 14.9 Å². The van der Waals surface area contributed by atoms with Crippen LogP contribution in [0, 0.1) is 11.6 Å². The Morgan fingerprint density at radius 1 is 1.06 bits per heavy atom. The number of hydrogen-bond acceptors (Lipinski definition) is 5. The van der Waals surface area contributed by atoms with Crippen LogP contribution in [-0.2, 0) is 4.79 Å². The van der Waals surface area contributed by atoms with Gasteiger partial charge in [-0.3, -0.25) is 9.69 Å². The van der Waals surface area contributed by atoms with Gasteiger partial charge in [0, 0.05) is 17.4 Å². The molecule has 3 N–H and O–H groups in total. The van der Waals surface area contributed by atoms with Crippen molar-refractivity contribution >= 4 is 17.5 Å². The molecule has 1 aliphatic rings. The molecule has 1 amide bonds. The fraction of sp³-hybridized carbons (Fsp3) is 0.261. The quantitative estimate of drug-likeness (QED) is 0.644. The van der Waals surface area contributed by atoms with Crippen LogP contribution < -0.4 is 11.1 Å². The maximum atomic E-state index is 13.4. The second-order valence-electron chi connectivity index (χ2n) is 7.57. The van der Waals surface area contributed by atoms with Crippen LogP contribution in [0.15, 0.2) is 54.7 Å². The SMILES string of the molecule is Nc1ncc(-c2ccc(F)cc2)c([C@H]2CCCCN2CC(=O)Nc2ccc(F)cc2)n1. The highest BCUT2D eigenvalue weighted by molar-refractivity contribution is 5.92. The Kier molecular flexibility index (Phi) is 6.18. The minimum absolute atomic E-state index is 0.127. The number of anilines is 2. The number of carbonyl (C=O) groups is 1. The fourth-order valence-electron chi connectivity index (χ4n) is 3.92. The first-order valence-electron chi connectivity index (χ1n) is 10.2. The zero-order valence-electron chi connectivity index (χ0n) is 16.9. The predicted molar refractivity (Wildman–Crippen MR) is 115 cm³/mol. The van der Waals surface area contributed by atoms with E-state index in [1.54, 1.807) is 18.3 Å². The van der Waals surface area contributed by atoms with Crippen LogP contribution in [0.4, 0.5) is 20.4 Å². The zero-order valence-corrected chi connectivity index (χ0v) is 16.9. The highest BCUT2D eigenvalue weighted by Gasteiger charge is 2.29. The summed E-state index contributed by atoms with van der Waals surface area (Å²) in [5.41, 5.74) is 8.71. The standard InChI is InChI=1S/C23H23F2N5O/c24-16-6-4-15(5-7-16)19-13-27-23(26)29-22(19)20-3-1-2-12-30(20)14-21(31)28-18-10-8-17(25)9-11-18/h4-11,13,20H,1-3,12,14H2,(H,28,31)(H2,26,27,29)/t20-/m1/s1. The number of carbonyl (C=O) groups excluding carboxylic acids is 1. The van der Waals surface area contributed by atoms with Gasteiger partial charge in [-0.1, -0.05) is 18.6 Å². The molecular weight excluding hydrogens is 400 g/mol. The predicted octanol–water partition coefficient (Wildman–Crippen LogP) is 4.17. The molecule has 1 atom stereocenters. The van der Waals surface area contributed by atoms with E-state index in [1.807, 2.05) is 0 Å². The molecule has 2 heterocycles. The maximum absolute atomic E-state index is 13.4.